The molecule has 0 aromatic heterocycles. The maximum atomic E-state index is 10.9. The molecule has 2 rings (SSSR count). The van der Waals surface area contributed by atoms with Crippen molar-refractivity contribution in [2.45, 2.75) is 6.61 Å². The first kappa shape index (κ1) is 13.6. The molecule has 98 valence electrons. The zero-order valence-electron chi connectivity index (χ0n) is 10.4. The maximum absolute atomic E-state index is 10.9. The van der Waals surface area contributed by atoms with Gasteiger partial charge in [-0.25, -0.2) is 0 Å². The molecule has 0 radical (unpaired) electrons. The van der Waals surface area contributed by atoms with Crippen LogP contribution in [0.1, 0.15) is 15.9 Å². The summed E-state index contributed by atoms with van der Waals surface area (Å²) in [6, 6.07) is 12.9. The van der Waals surface area contributed by atoms with Crippen LogP contribution in [0.4, 0.5) is 0 Å². The average molecular weight is 321 g/mol. The van der Waals surface area contributed by atoms with Crippen LogP contribution in [0.5, 0.6) is 11.5 Å². The third-order valence-electron chi connectivity index (χ3n) is 2.66. The van der Waals surface area contributed by atoms with E-state index in [9.17, 15) is 4.79 Å². The van der Waals surface area contributed by atoms with Crippen molar-refractivity contribution in [2.75, 3.05) is 7.11 Å². The first-order chi connectivity index (χ1) is 9.24. The Hall–Kier alpha value is -1.81. The van der Waals surface area contributed by atoms with E-state index in [-0.39, 0.29) is 0 Å². The van der Waals surface area contributed by atoms with Crippen molar-refractivity contribution < 1.29 is 14.3 Å². The number of hydrogen-bond acceptors (Lipinski definition) is 3. The van der Waals surface area contributed by atoms with Gasteiger partial charge in [-0.05, 0) is 45.8 Å². The fourth-order valence-corrected chi connectivity index (χ4v) is 2.26. The molecule has 0 saturated heterocycles. The largest absolute Gasteiger partial charge is 0.496 e. The molecule has 0 bridgehead atoms. The van der Waals surface area contributed by atoms with Gasteiger partial charge in [-0.3, -0.25) is 4.79 Å². The minimum Gasteiger partial charge on any atom is -0.496 e. The molecule has 4 heteroatoms. The van der Waals surface area contributed by atoms with Crippen molar-refractivity contribution in [3.05, 3.63) is 58.1 Å². The number of rotatable bonds is 5. The van der Waals surface area contributed by atoms with Crippen molar-refractivity contribution in [2.24, 2.45) is 0 Å². The Morgan fingerprint density at radius 2 is 1.95 bits per heavy atom. The Morgan fingerprint density at radius 1 is 1.16 bits per heavy atom. The van der Waals surface area contributed by atoms with E-state index in [1.165, 1.54) is 0 Å². The highest BCUT2D eigenvalue weighted by atomic mass is 79.9. The number of ether oxygens (including phenoxy) is 2. The lowest BCUT2D eigenvalue weighted by atomic mass is 10.2. The van der Waals surface area contributed by atoms with Crippen molar-refractivity contribution in [3.63, 3.8) is 0 Å². The first-order valence-electron chi connectivity index (χ1n) is 5.74. The van der Waals surface area contributed by atoms with Gasteiger partial charge in [0, 0.05) is 0 Å². The summed E-state index contributed by atoms with van der Waals surface area (Å²) in [4.78, 5) is 10.9. The lowest BCUT2D eigenvalue weighted by Crippen LogP contribution is -1.98. The van der Waals surface area contributed by atoms with Crippen LogP contribution in [0.2, 0.25) is 0 Å². The van der Waals surface area contributed by atoms with E-state index in [0.29, 0.717) is 17.9 Å². The number of carbonyl (C=O) groups excluding carboxylic acids is 1. The summed E-state index contributed by atoms with van der Waals surface area (Å²) in [5.74, 6) is 1.36. The molecule has 0 aliphatic carbocycles. The van der Waals surface area contributed by atoms with Crippen LogP contribution < -0.4 is 9.47 Å². The van der Waals surface area contributed by atoms with Crippen molar-refractivity contribution in [1.29, 1.82) is 0 Å². The first-order valence-corrected chi connectivity index (χ1v) is 6.53. The molecule has 3 nitrogen and oxygen atoms in total. The molecular weight excluding hydrogens is 308 g/mol. The number of halogens is 1. The van der Waals surface area contributed by atoms with Gasteiger partial charge in [-0.2, -0.15) is 0 Å². The zero-order valence-corrected chi connectivity index (χ0v) is 12.0. The van der Waals surface area contributed by atoms with Gasteiger partial charge in [0.1, 0.15) is 18.1 Å². The van der Waals surface area contributed by atoms with E-state index >= 15 is 0 Å². The van der Waals surface area contributed by atoms with Gasteiger partial charge >= 0.3 is 0 Å². The quantitative estimate of drug-likeness (QED) is 0.785. The Labute approximate surface area is 120 Å². The predicted octanol–water partition coefficient (Wildman–Crippen LogP) is 3.85. The van der Waals surface area contributed by atoms with E-state index in [4.69, 9.17) is 9.47 Å². The monoisotopic (exact) mass is 320 g/mol. The van der Waals surface area contributed by atoms with E-state index in [1.54, 1.807) is 25.3 Å². The van der Waals surface area contributed by atoms with Gasteiger partial charge in [-0.1, -0.05) is 18.2 Å². The second-order valence-electron chi connectivity index (χ2n) is 3.91. The Kier molecular flexibility index (Phi) is 4.58. The highest BCUT2D eigenvalue weighted by Gasteiger charge is 2.04. The summed E-state index contributed by atoms with van der Waals surface area (Å²) in [6.07, 6.45) is 0.791. The molecule has 0 heterocycles. The third kappa shape index (κ3) is 3.35. The smallest absolute Gasteiger partial charge is 0.153 e. The van der Waals surface area contributed by atoms with E-state index in [2.05, 4.69) is 15.9 Å². The summed E-state index contributed by atoms with van der Waals surface area (Å²) in [7, 11) is 1.62. The normalized spacial score (nSPS) is 10.0. The molecule has 0 fully saturated rings. The van der Waals surface area contributed by atoms with Crippen LogP contribution >= 0.6 is 15.9 Å². The molecule has 0 amide bonds. The SMILES string of the molecule is COc1ccc(COc2ccccc2C=O)cc1Br. The van der Waals surface area contributed by atoms with Gasteiger partial charge in [0.15, 0.2) is 6.29 Å². The number of carbonyl (C=O) groups is 1. The molecule has 0 aliphatic rings. The minimum atomic E-state index is 0.396. The molecule has 0 atom stereocenters. The number of para-hydroxylation sites is 1. The minimum absolute atomic E-state index is 0.396. The molecule has 0 saturated carbocycles. The molecule has 2 aromatic rings. The van der Waals surface area contributed by atoms with Crippen LogP contribution in [0, 0.1) is 0 Å². The fourth-order valence-electron chi connectivity index (χ4n) is 1.67. The van der Waals surface area contributed by atoms with Gasteiger partial charge in [-0.15, -0.1) is 0 Å². The van der Waals surface area contributed by atoms with Gasteiger partial charge in [0.05, 0.1) is 17.1 Å². The van der Waals surface area contributed by atoms with Crippen molar-refractivity contribution in [1.82, 2.24) is 0 Å². The van der Waals surface area contributed by atoms with Gasteiger partial charge < -0.3 is 9.47 Å². The Bertz CT molecular complexity index is 581. The van der Waals surface area contributed by atoms with Gasteiger partial charge in [0.2, 0.25) is 0 Å². The lowest BCUT2D eigenvalue weighted by Gasteiger charge is -2.09. The second-order valence-corrected chi connectivity index (χ2v) is 4.77. The van der Waals surface area contributed by atoms with E-state index in [0.717, 1.165) is 22.1 Å². The maximum Gasteiger partial charge on any atom is 0.153 e. The Balaban J connectivity index is 2.10. The zero-order chi connectivity index (χ0) is 13.7. The standard InChI is InChI=1S/C15H13BrO3/c1-18-15-7-6-11(8-13(15)16)10-19-14-5-3-2-4-12(14)9-17/h2-9H,10H2,1H3. The summed E-state index contributed by atoms with van der Waals surface area (Å²) < 4.78 is 11.7. The molecule has 2 aromatic carbocycles. The summed E-state index contributed by atoms with van der Waals surface area (Å²) in [6.45, 7) is 0.396. The lowest BCUT2D eigenvalue weighted by molar-refractivity contribution is 0.111. The second kappa shape index (κ2) is 6.38. The molecular formula is C15H13BrO3. The molecule has 0 aliphatic heterocycles. The van der Waals surface area contributed by atoms with Crippen LogP contribution in [-0.2, 0) is 6.61 Å². The fraction of sp³-hybridized carbons (Fsp3) is 0.133. The summed E-state index contributed by atoms with van der Waals surface area (Å²) in [5.41, 5.74) is 1.54. The van der Waals surface area contributed by atoms with E-state index in [1.807, 2.05) is 24.3 Å². The highest BCUT2D eigenvalue weighted by molar-refractivity contribution is 9.10. The van der Waals surface area contributed by atoms with Crippen LogP contribution in [-0.4, -0.2) is 13.4 Å². The molecule has 0 spiro atoms. The topological polar surface area (TPSA) is 35.5 Å². The van der Waals surface area contributed by atoms with Crippen molar-refractivity contribution >= 4 is 22.2 Å². The van der Waals surface area contributed by atoms with Crippen LogP contribution in [0.15, 0.2) is 46.9 Å². The van der Waals surface area contributed by atoms with E-state index < -0.39 is 0 Å². The number of methoxy groups -OCH3 is 1. The summed E-state index contributed by atoms with van der Waals surface area (Å²) >= 11 is 3.42. The molecule has 19 heavy (non-hydrogen) atoms. The van der Waals surface area contributed by atoms with Crippen molar-refractivity contribution in [3.8, 4) is 11.5 Å². The van der Waals surface area contributed by atoms with Crippen LogP contribution in [0.3, 0.4) is 0 Å². The number of aldehydes is 1. The average Bonchev–Trinajstić information content (AvgIpc) is 2.45. The van der Waals surface area contributed by atoms with Crippen LogP contribution in [0.25, 0.3) is 0 Å². The Morgan fingerprint density at radius 3 is 2.63 bits per heavy atom. The third-order valence-corrected chi connectivity index (χ3v) is 3.28. The number of hydrogen-bond donors (Lipinski definition) is 0. The highest BCUT2D eigenvalue weighted by Crippen LogP contribution is 2.26. The number of benzene rings is 2. The molecule has 0 N–H and O–H groups in total. The predicted molar refractivity (Wildman–Crippen MR) is 76.9 cm³/mol. The summed E-state index contributed by atoms with van der Waals surface area (Å²) in [5, 5.41) is 0. The van der Waals surface area contributed by atoms with Gasteiger partial charge in [0.25, 0.3) is 0 Å². The molecule has 0 unspecified atom stereocenters.